The molecule has 2 aromatic carbocycles. The summed E-state index contributed by atoms with van der Waals surface area (Å²) in [5.74, 6) is -6.96. The van der Waals surface area contributed by atoms with E-state index in [0.717, 1.165) is 12.5 Å². The van der Waals surface area contributed by atoms with Crippen LogP contribution in [0, 0.1) is 37.1 Å². The molecule has 0 aliphatic carbocycles. The summed E-state index contributed by atoms with van der Waals surface area (Å²) in [5, 5.41) is 0. The molecule has 2 rings (SSSR count). The van der Waals surface area contributed by atoms with Gasteiger partial charge in [-0.1, -0.05) is 29.8 Å². The van der Waals surface area contributed by atoms with Crippen LogP contribution in [0.2, 0.25) is 0 Å². The van der Waals surface area contributed by atoms with Crippen molar-refractivity contribution in [1.29, 1.82) is 0 Å². The molecule has 5 heteroatoms. The first kappa shape index (κ1) is 14.4. The summed E-state index contributed by atoms with van der Waals surface area (Å²) in [7, 11) is 0. The van der Waals surface area contributed by atoms with Crippen molar-refractivity contribution in [3.05, 3.63) is 64.2 Å². The van der Waals surface area contributed by atoms with Gasteiger partial charge in [0.15, 0.2) is 17.4 Å². The van der Waals surface area contributed by atoms with Crippen LogP contribution in [0.1, 0.15) is 16.7 Å². The summed E-state index contributed by atoms with van der Waals surface area (Å²) in [6, 6.07) is 6.99. The molecule has 1 nitrogen and oxygen atoms in total. The lowest BCUT2D eigenvalue weighted by molar-refractivity contribution is 0.260. The fraction of sp³-hybridized carbons (Fsp3) is 0.200. The maximum absolute atomic E-state index is 13.6. The van der Waals surface area contributed by atoms with Gasteiger partial charge in [0.2, 0.25) is 11.6 Å². The van der Waals surface area contributed by atoms with Gasteiger partial charge in [-0.3, -0.25) is 0 Å². The molecule has 106 valence electrons. The zero-order valence-corrected chi connectivity index (χ0v) is 10.9. The molecule has 0 saturated carbocycles. The predicted octanol–water partition coefficient (Wildman–Crippen LogP) is 4.44. The van der Waals surface area contributed by atoms with Gasteiger partial charge in [-0.2, -0.15) is 8.78 Å². The molecular formula is C15H12F4O. The normalized spacial score (nSPS) is 10.7. The van der Waals surface area contributed by atoms with Crippen LogP contribution < -0.4 is 4.74 Å². The Bertz CT molecular complexity index is 606. The Hall–Kier alpha value is -2.04. The fourth-order valence-corrected chi connectivity index (χ4v) is 1.69. The maximum atomic E-state index is 13.6. The summed E-state index contributed by atoms with van der Waals surface area (Å²) in [5.41, 5.74) is 0.942. The highest BCUT2D eigenvalue weighted by atomic mass is 19.2. The van der Waals surface area contributed by atoms with Crippen LogP contribution in [0.4, 0.5) is 17.6 Å². The maximum Gasteiger partial charge on any atom is 0.204 e. The van der Waals surface area contributed by atoms with E-state index >= 15 is 0 Å². The van der Waals surface area contributed by atoms with Gasteiger partial charge in [0, 0.05) is 5.56 Å². The Labute approximate surface area is 113 Å². The summed E-state index contributed by atoms with van der Waals surface area (Å²) < 4.78 is 58.7. The van der Waals surface area contributed by atoms with E-state index in [1.54, 1.807) is 24.3 Å². The molecule has 0 heterocycles. The molecule has 0 spiro atoms. The molecule has 0 amide bonds. The van der Waals surface area contributed by atoms with E-state index in [2.05, 4.69) is 0 Å². The van der Waals surface area contributed by atoms with Crippen LogP contribution >= 0.6 is 0 Å². The number of hydrogen-bond acceptors (Lipinski definition) is 1. The number of rotatable bonds is 3. The molecule has 0 aromatic heterocycles. The largest absolute Gasteiger partial charge is 0.483 e. The molecule has 2 aromatic rings. The second kappa shape index (κ2) is 5.53. The molecule has 0 saturated heterocycles. The molecule has 0 fully saturated rings. The quantitative estimate of drug-likeness (QED) is 0.598. The molecule has 20 heavy (non-hydrogen) atoms. The van der Waals surface area contributed by atoms with Gasteiger partial charge in [-0.05, 0) is 19.4 Å². The topological polar surface area (TPSA) is 9.23 Å². The number of ether oxygens (including phenoxy) is 1. The van der Waals surface area contributed by atoms with Gasteiger partial charge in [0.05, 0.1) is 0 Å². The van der Waals surface area contributed by atoms with Crippen molar-refractivity contribution in [3.8, 4) is 5.75 Å². The number of halogens is 4. The van der Waals surface area contributed by atoms with E-state index in [4.69, 9.17) is 4.74 Å². The number of aryl methyl sites for hydroxylation is 1. The number of hydrogen-bond donors (Lipinski definition) is 0. The second-order valence-electron chi connectivity index (χ2n) is 4.48. The third kappa shape index (κ3) is 2.61. The lowest BCUT2D eigenvalue weighted by Crippen LogP contribution is -2.06. The minimum Gasteiger partial charge on any atom is -0.483 e. The molecular weight excluding hydrogens is 272 g/mol. The van der Waals surface area contributed by atoms with Crippen molar-refractivity contribution in [3.63, 3.8) is 0 Å². The van der Waals surface area contributed by atoms with E-state index in [1.807, 2.05) is 6.92 Å². The van der Waals surface area contributed by atoms with Crippen LogP contribution in [-0.4, -0.2) is 0 Å². The van der Waals surface area contributed by atoms with E-state index < -0.39 is 34.6 Å². The Morgan fingerprint density at radius 3 is 1.80 bits per heavy atom. The predicted molar refractivity (Wildman–Crippen MR) is 66.5 cm³/mol. The Morgan fingerprint density at radius 2 is 1.30 bits per heavy atom. The van der Waals surface area contributed by atoms with Crippen molar-refractivity contribution >= 4 is 0 Å². The average Bonchev–Trinajstić information content (AvgIpc) is 2.45. The van der Waals surface area contributed by atoms with Crippen molar-refractivity contribution in [2.45, 2.75) is 20.5 Å². The van der Waals surface area contributed by atoms with E-state index in [0.29, 0.717) is 5.56 Å². The van der Waals surface area contributed by atoms with Crippen molar-refractivity contribution in [1.82, 2.24) is 0 Å². The zero-order chi connectivity index (χ0) is 14.9. The van der Waals surface area contributed by atoms with Gasteiger partial charge < -0.3 is 4.74 Å². The van der Waals surface area contributed by atoms with Crippen molar-refractivity contribution in [2.24, 2.45) is 0 Å². The standard InChI is InChI=1S/C15H12F4O/c1-8-3-5-10(6-4-8)7-20-15-13(18)11(16)9(2)12(17)14(15)19/h3-6H,7H2,1-2H3. The van der Waals surface area contributed by atoms with Gasteiger partial charge in [0.1, 0.15) is 6.61 Å². The Balaban J connectivity index is 2.28. The summed E-state index contributed by atoms with van der Waals surface area (Å²) in [6.07, 6.45) is 0. The molecule has 0 aliphatic rings. The van der Waals surface area contributed by atoms with E-state index in [9.17, 15) is 17.6 Å². The highest BCUT2D eigenvalue weighted by Crippen LogP contribution is 2.30. The second-order valence-corrected chi connectivity index (χ2v) is 4.48. The minimum atomic E-state index is -1.52. The molecule has 0 unspecified atom stereocenters. The van der Waals surface area contributed by atoms with Gasteiger partial charge in [-0.15, -0.1) is 0 Å². The van der Waals surface area contributed by atoms with Crippen LogP contribution in [0.3, 0.4) is 0 Å². The summed E-state index contributed by atoms with van der Waals surface area (Å²) in [6.45, 7) is 2.66. The Kier molecular flexibility index (Phi) is 3.97. The lowest BCUT2D eigenvalue weighted by atomic mass is 10.1. The van der Waals surface area contributed by atoms with E-state index in [-0.39, 0.29) is 6.61 Å². The van der Waals surface area contributed by atoms with Crippen LogP contribution in [0.25, 0.3) is 0 Å². The highest BCUT2D eigenvalue weighted by Gasteiger charge is 2.24. The van der Waals surface area contributed by atoms with Crippen LogP contribution in [0.5, 0.6) is 5.75 Å². The first-order valence-corrected chi connectivity index (χ1v) is 5.92. The van der Waals surface area contributed by atoms with Crippen LogP contribution in [-0.2, 0) is 6.61 Å². The first-order chi connectivity index (χ1) is 9.41. The third-order valence-corrected chi connectivity index (χ3v) is 2.95. The van der Waals surface area contributed by atoms with Crippen LogP contribution in [0.15, 0.2) is 24.3 Å². The van der Waals surface area contributed by atoms with Crippen molar-refractivity contribution in [2.75, 3.05) is 0 Å². The van der Waals surface area contributed by atoms with E-state index in [1.165, 1.54) is 0 Å². The SMILES string of the molecule is Cc1ccc(COc2c(F)c(F)c(C)c(F)c2F)cc1. The Morgan fingerprint density at radius 1 is 0.800 bits per heavy atom. The van der Waals surface area contributed by atoms with Crippen molar-refractivity contribution < 1.29 is 22.3 Å². The molecule has 0 aliphatic heterocycles. The number of benzene rings is 2. The summed E-state index contributed by atoms with van der Waals surface area (Å²) in [4.78, 5) is 0. The smallest absolute Gasteiger partial charge is 0.204 e. The molecule has 0 atom stereocenters. The fourth-order valence-electron chi connectivity index (χ4n) is 1.69. The molecule has 0 radical (unpaired) electrons. The molecule has 0 bridgehead atoms. The monoisotopic (exact) mass is 284 g/mol. The lowest BCUT2D eigenvalue weighted by Gasteiger charge is -2.11. The third-order valence-electron chi connectivity index (χ3n) is 2.95. The van der Waals surface area contributed by atoms with Gasteiger partial charge in [-0.25, -0.2) is 8.78 Å². The summed E-state index contributed by atoms with van der Waals surface area (Å²) >= 11 is 0. The van der Waals surface area contributed by atoms with Gasteiger partial charge in [0.25, 0.3) is 0 Å². The first-order valence-electron chi connectivity index (χ1n) is 5.92. The zero-order valence-electron chi connectivity index (χ0n) is 10.9. The van der Waals surface area contributed by atoms with Gasteiger partial charge >= 0.3 is 0 Å². The molecule has 0 N–H and O–H groups in total. The average molecular weight is 284 g/mol. The highest BCUT2D eigenvalue weighted by molar-refractivity contribution is 5.34. The minimum absolute atomic E-state index is 0.184.